The molecule has 0 aromatic rings. The summed E-state index contributed by atoms with van der Waals surface area (Å²) in [6, 6.07) is 0. The molecule has 0 aliphatic heterocycles. The highest BCUT2D eigenvalue weighted by atomic mass is 16.5. The van der Waals surface area contributed by atoms with Crippen molar-refractivity contribution in [2.45, 2.75) is 78.6 Å². The van der Waals surface area contributed by atoms with E-state index >= 15 is 0 Å². The number of aliphatic hydroxyl groups is 1. The van der Waals surface area contributed by atoms with Gasteiger partial charge in [-0.05, 0) is 13.3 Å². The number of unbranched alkanes of at least 4 members (excludes halogenated alkanes) is 8. The first-order chi connectivity index (χ1) is 8.68. The van der Waals surface area contributed by atoms with E-state index in [1.807, 2.05) is 0 Å². The van der Waals surface area contributed by atoms with Crippen molar-refractivity contribution in [2.75, 3.05) is 13.2 Å². The van der Waals surface area contributed by atoms with Crippen molar-refractivity contribution in [2.24, 2.45) is 0 Å². The van der Waals surface area contributed by atoms with Crippen molar-refractivity contribution in [3.8, 4) is 0 Å². The molecular weight excluding hydrogens is 228 g/mol. The highest BCUT2D eigenvalue weighted by Crippen LogP contribution is 2.09. The van der Waals surface area contributed by atoms with Crippen LogP contribution in [0.4, 0.5) is 0 Å². The molecule has 0 bridgehead atoms. The molecule has 0 aromatic heterocycles. The van der Waals surface area contributed by atoms with Crippen LogP contribution in [0.3, 0.4) is 0 Å². The molecule has 1 N–H and O–H groups in total. The minimum absolute atomic E-state index is 0.158. The predicted molar refractivity (Wildman–Crippen MR) is 76.6 cm³/mol. The number of hydrogen-bond donors (Lipinski definition) is 1. The van der Waals surface area contributed by atoms with Crippen LogP contribution in [0.2, 0.25) is 0 Å². The van der Waals surface area contributed by atoms with Crippen LogP contribution in [-0.2, 0) is 9.53 Å². The summed E-state index contributed by atoms with van der Waals surface area (Å²) in [4.78, 5) is 10.5. The standard InChI is InChI=1S/C13H26O2.C2H6O/c1-3-4-5-6-7-8-9-10-11-12-15-13(2)14;1-2-3/h3-12H2,1-2H3;3H,2H2,1H3. The summed E-state index contributed by atoms with van der Waals surface area (Å²) in [6.07, 6.45) is 11.7. The normalized spacial score (nSPS) is 9.56. The Hall–Kier alpha value is -0.570. The summed E-state index contributed by atoms with van der Waals surface area (Å²) in [6.45, 7) is 6.24. The van der Waals surface area contributed by atoms with Crippen LogP contribution in [0.15, 0.2) is 0 Å². The maximum atomic E-state index is 10.5. The van der Waals surface area contributed by atoms with Gasteiger partial charge in [-0.15, -0.1) is 0 Å². The van der Waals surface area contributed by atoms with Crippen molar-refractivity contribution in [3.63, 3.8) is 0 Å². The number of rotatable bonds is 10. The van der Waals surface area contributed by atoms with Gasteiger partial charge in [-0.3, -0.25) is 4.79 Å². The number of carbonyl (C=O) groups excluding carboxylic acids is 1. The third-order valence-corrected chi connectivity index (χ3v) is 2.55. The van der Waals surface area contributed by atoms with Gasteiger partial charge in [0, 0.05) is 13.5 Å². The molecule has 18 heavy (non-hydrogen) atoms. The first-order valence-corrected chi connectivity index (χ1v) is 7.43. The second kappa shape index (κ2) is 18.8. The fourth-order valence-corrected chi connectivity index (χ4v) is 1.63. The molecule has 0 aliphatic rings. The number of esters is 1. The first kappa shape index (κ1) is 19.8. The Kier molecular flexibility index (Phi) is 20.6. The lowest BCUT2D eigenvalue weighted by atomic mass is 10.1. The number of aliphatic hydroxyl groups excluding tert-OH is 1. The monoisotopic (exact) mass is 260 g/mol. The Balaban J connectivity index is 0. The summed E-state index contributed by atoms with van der Waals surface area (Å²) in [5.41, 5.74) is 0. The molecule has 0 amide bonds. The summed E-state index contributed by atoms with van der Waals surface area (Å²) in [7, 11) is 0. The van der Waals surface area contributed by atoms with E-state index in [2.05, 4.69) is 6.92 Å². The van der Waals surface area contributed by atoms with Crippen LogP contribution in [0, 0.1) is 0 Å². The van der Waals surface area contributed by atoms with Crippen molar-refractivity contribution >= 4 is 5.97 Å². The number of hydrogen-bond acceptors (Lipinski definition) is 3. The molecule has 0 atom stereocenters. The van der Waals surface area contributed by atoms with Gasteiger partial charge >= 0.3 is 5.97 Å². The van der Waals surface area contributed by atoms with Crippen molar-refractivity contribution in [1.29, 1.82) is 0 Å². The zero-order valence-electron chi connectivity index (χ0n) is 12.5. The van der Waals surface area contributed by atoms with Gasteiger partial charge in [-0.2, -0.15) is 0 Å². The molecule has 110 valence electrons. The summed E-state index contributed by atoms with van der Waals surface area (Å²) in [5, 5.41) is 7.57. The Labute approximate surface area is 113 Å². The van der Waals surface area contributed by atoms with Gasteiger partial charge in [0.05, 0.1) is 6.61 Å². The van der Waals surface area contributed by atoms with Gasteiger partial charge in [0.15, 0.2) is 0 Å². The minimum atomic E-state index is -0.158. The van der Waals surface area contributed by atoms with Gasteiger partial charge in [0.25, 0.3) is 0 Å². The van der Waals surface area contributed by atoms with Crippen LogP contribution in [0.1, 0.15) is 78.6 Å². The van der Waals surface area contributed by atoms with E-state index < -0.39 is 0 Å². The molecule has 0 aromatic carbocycles. The highest BCUT2D eigenvalue weighted by Gasteiger charge is 1.94. The fourth-order valence-electron chi connectivity index (χ4n) is 1.63. The highest BCUT2D eigenvalue weighted by molar-refractivity contribution is 5.65. The van der Waals surface area contributed by atoms with Gasteiger partial charge in [0.1, 0.15) is 0 Å². The Morgan fingerprint density at radius 1 is 0.889 bits per heavy atom. The molecule has 0 spiro atoms. The van der Waals surface area contributed by atoms with E-state index in [1.165, 1.54) is 58.3 Å². The third kappa shape index (κ3) is 24.6. The third-order valence-electron chi connectivity index (χ3n) is 2.55. The fraction of sp³-hybridized carbons (Fsp3) is 0.933. The summed E-state index contributed by atoms with van der Waals surface area (Å²) in [5.74, 6) is -0.158. The molecular formula is C15H32O3. The van der Waals surface area contributed by atoms with E-state index in [-0.39, 0.29) is 12.6 Å². The van der Waals surface area contributed by atoms with E-state index in [4.69, 9.17) is 9.84 Å². The Morgan fingerprint density at radius 2 is 1.28 bits per heavy atom. The zero-order valence-corrected chi connectivity index (χ0v) is 12.5. The van der Waals surface area contributed by atoms with Gasteiger partial charge in [0.2, 0.25) is 0 Å². The minimum Gasteiger partial charge on any atom is -0.466 e. The Morgan fingerprint density at radius 3 is 1.67 bits per heavy atom. The van der Waals surface area contributed by atoms with Crippen LogP contribution in [0.25, 0.3) is 0 Å². The van der Waals surface area contributed by atoms with Crippen LogP contribution >= 0.6 is 0 Å². The van der Waals surface area contributed by atoms with Crippen molar-refractivity contribution in [3.05, 3.63) is 0 Å². The molecule has 0 radical (unpaired) electrons. The van der Waals surface area contributed by atoms with Gasteiger partial charge in [-0.25, -0.2) is 0 Å². The maximum absolute atomic E-state index is 10.5. The predicted octanol–water partition coefficient (Wildman–Crippen LogP) is 4.08. The second-order valence-corrected chi connectivity index (χ2v) is 4.48. The quantitative estimate of drug-likeness (QED) is 0.475. The number of ether oxygens (including phenoxy) is 1. The lowest BCUT2D eigenvalue weighted by Crippen LogP contribution is -1.99. The zero-order chi connectivity index (χ0) is 14.1. The van der Waals surface area contributed by atoms with E-state index in [9.17, 15) is 4.79 Å². The summed E-state index contributed by atoms with van der Waals surface area (Å²) < 4.78 is 4.86. The van der Waals surface area contributed by atoms with Crippen LogP contribution in [0.5, 0.6) is 0 Å². The first-order valence-electron chi connectivity index (χ1n) is 7.43. The Bertz CT molecular complexity index is 158. The molecule has 0 saturated heterocycles. The number of carbonyl (C=O) groups is 1. The van der Waals surface area contributed by atoms with E-state index in [0.717, 1.165) is 6.42 Å². The average molecular weight is 260 g/mol. The van der Waals surface area contributed by atoms with Crippen LogP contribution < -0.4 is 0 Å². The van der Waals surface area contributed by atoms with E-state index in [1.54, 1.807) is 6.92 Å². The molecule has 3 heteroatoms. The maximum Gasteiger partial charge on any atom is 0.302 e. The van der Waals surface area contributed by atoms with Crippen molar-refractivity contribution < 1.29 is 14.6 Å². The lowest BCUT2D eigenvalue weighted by molar-refractivity contribution is -0.141. The van der Waals surface area contributed by atoms with Gasteiger partial charge in [-0.1, -0.05) is 58.3 Å². The SMILES string of the molecule is CCCCCCCCCCCOC(C)=O.CCO. The molecule has 0 rings (SSSR count). The molecule has 3 nitrogen and oxygen atoms in total. The van der Waals surface area contributed by atoms with Crippen LogP contribution in [-0.4, -0.2) is 24.3 Å². The lowest BCUT2D eigenvalue weighted by Gasteiger charge is -2.02. The molecule has 0 unspecified atom stereocenters. The second-order valence-electron chi connectivity index (χ2n) is 4.48. The smallest absolute Gasteiger partial charge is 0.302 e. The molecule has 0 aliphatic carbocycles. The van der Waals surface area contributed by atoms with Crippen molar-refractivity contribution in [1.82, 2.24) is 0 Å². The molecule has 0 heterocycles. The summed E-state index contributed by atoms with van der Waals surface area (Å²) >= 11 is 0. The topological polar surface area (TPSA) is 46.5 Å². The molecule has 0 saturated carbocycles. The van der Waals surface area contributed by atoms with E-state index in [0.29, 0.717) is 6.61 Å². The largest absolute Gasteiger partial charge is 0.466 e. The van der Waals surface area contributed by atoms with Gasteiger partial charge < -0.3 is 9.84 Å². The molecule has 0 fully saturated rings. The average Bonchev–Trinajstić information content (AvgIpc) is 2.32.